The van der Waals surface area contributed by atoms with Gasteiger partial charge in [-0.1, -0.05) is 28.9 Å². The van der Waals surface area contributed by atoms with Crippen molar-refractivity contribution in [1.29, 1.82) is 0 Å². The summed E-state index contributed by atoms with van der Waals surface area (Å²) in [5.41, 5.74) is 0.628. The van der Waals surface area contributed by atoms with E-state index in [4.69, 9.17) is 27.7 Å². The molecule has 0 fully saturated rings. The van der Waals surface area contributed by atoms with Crippen molar-refractivity contribution in [2.45, 2.75) is 38.3 Å². The number of alkyl halides is 6. The van der Waals surface area contributed by atoms with E-state index in [0.29, 0.717) is 12.1 Å². The van der Waals surface area contributed by atoms with Gasteiger partial charge in [0.25, 0.3) is 0 Å². The van der Waals surface area contributed by atoms with Crippen LogP contribution in [0.1, 0.15) is 63.5 Å². The number of hydrogen-bond donors (Lipinski definition) is 3. The quantitative estimate of drug-likeness (QED) is 0.0876. The van der Waals surface area contributed by atoms with Gasteiger partial charge in [-0.05, 0) is 61.9 Å². The highest BCUT2D eigenvalue weighted by atomic mass is 35.5. The van der Waals surface area contributed by atoms with E-state index < -0.39 is 52.7 Å². The van der Waals surface area contributed by atoms with Crippen LogP contribution in [-0.4, -0.2) is 26.0 Å². The molecule has 2 aromatic carbocycles. The molecule has 4 aromatic rings. The van der Waals surface area contributed by atoms with E-state index >= 15 is 0 Å². The van der Waals surface area contributed by atoms with Crippen molar-refractivity contribution in [3.8, 4) is 0 Å². The van der Waals surface area contributed by atoms with Crippen molar-refractivity contribution < 1.29 is 40.8 Å². The van der Waals surface area contributed by atoms with E-state index in [2.05, 4.69) is 10.1 Å². The van der Waals surface area contributed by atoms with Crippen LogP contribution in [-0.2, 0) is 24.5 Å². The largest absolute Gasteiger partial charge is 0.416 e. The highest BCUT2D eigenvalue weighted by Crippen LogP contribution is 2.38. The van der Waals surface area contributed by atoms with E-state index in [0.717, 1.165) is 5.01 Å². The average Bonchev–Trinajstić information content (AvgIpc) is 3.39. The number of aromatic nitrogens is 2. The first-order valence-electron chi connectivity index (χ1n) is 12.6. The zero-order chi connectivity index (χ0) is 32.6. The number of nitrogens with zero attached hydrogens (tertiary/aromatic N) is 3. The van der Waals surface area contributed by atoms with Crippen LogP contribution in [0.3, 0.4) is 0 Å². The Labute approximate surface area is 251 Å². The van der Waals surface area contributed by atoms with Crippen LogP contribution in [0.2, 0.25) is 5.02 Å². The van der Waals surface area contributed by atoms with Crippen LogP contribution >= 0.6 is 11.6 Å². The molecule has 5 N–H and O–H groups in total. The average molecular weight is 640 g/mol. The Balaban J connectivity index is 1.95. The number of ketones is 1. The van der Waals surface area contributed by atoms with Crippen LogP contribution in [0, 0.1) is 0 Å². The lowest BCUT2D eigenvalue weighted by atomic mass is 9.93. The van der Waals surface area contributed by atoms with E-state index in [1.54, 1.807) is 12.1 Å². The lowest BCUT2D eigenvalue weighted by Crippen LogP contribution is -2.32. The van der Waals surface area contributed by atoms with Gasteiger partial charge >= 0.3 is 12.4 Å². The van der Waals surface area contributed by atoms with Gasteiger partial charge in [-0.3, -0.25) is 9.78 Å². The lowest BCUT2D eigenvalue weighted by molar-refractivity contribution is -0.143. The van der Waals surface area contributed by atoms with Crippen molar-refractivity contribution in [2.75, 3.05) is 0 Å². The second kappa shape index (κ2) is 11.9. The zero-order valence-electron chi connectivity index (χ0n) is 23.0. The molecule has 232 valence electrons. The second-order valence-corrected chi connectivity index (χ2v) is 10.6. The molecule has 0 saturated carbocycles. The van der Waals surface area contributed by atoms with E-state index in [1.165, 1.54) is 50.5 Å². The summed E-state index contributed by atoms with van der Waals surface area (Å²) in [7, 11) is 0. The molecule has 0 amide bonds. The number of pyridine rings is 1. The Morgan fingerprint density at radius 1 is 0.977 bits per heavy atom. The molecule has 0 bridgehead atoms. The number of benzene rings is 2. The minimum atomic E-state index is -5.09. The number of carbonyl (C=O) groups excluding carboxylic acids is 1. The van der Waals surface area contributed by atoms with Gasteiger partial charge in [-0.15, -0.1) is 0 Å². The second-order valence-electron chi connectivity index (χ2n) is 10.1. The maximum atomic E-state index is 13.6. The van der Waals surface area contributed by atoms with Crippen LogP contribution in [0.15, 0.2) is 71.5 Å². The van der Waals surface area contributed by atoms with Gasteiger partial charge in [0.15, 0.2) is 0 Å². The molecular weight excluding hydrogens is 616 g/mol. The summed E-state index contributed by atoms with van der Waals surface area (Å²) in [4.78, 5) is 17.5. The molecule has 44 heavy (non-hydrogen) atoms. The van der Waals surface area contributed by atoms with Crippen LogP contribution in [0.25, 0.3) is 11.4 Å². The maximum Gasteiger partial charge on any atom is 0.416 e. The first kappa shape index (κ1) is 32.5. The number of rotatable bonds is 8. The first-order chi connectivity index (χ1) is 20.4. The van der Waals surface area contributed by atoms with Crippen molar-refractivity contribution in [3.63, 3.8) is 0 Å². The SMILES string of the molecule is CC(C)(O)c1noc(C(=O)c2ccccc2Cl)c1/C(N)=C(\c1ccncc1)N(N)Cc1cc(C(F)(F)F)cc(C(F)(F)F)c1. The summed E-state index contributed by atoms with van der Waals surface area (Å²) >= 11 is 6.22. The van der Waals surface area contributed by atoms with Gasteiger partial charge in [0.05, 0.1) is 39.7 Å². The van der Waals surface area contributed by atoms with E-state index in [1.807, 2.05) is 0 Å². The summed E-state index contributed by atoms with van der Waals surface area (Å²) in [6.07, 6.45) is -7.50. The normalized spacial score (nSPS) is 13.1. The number of hydrazine groups is 1. The van der Waals surface area contributed by atoms with Gasteiger partial charge in [-0.2, -0.15) is 26.3 Å². The third-order valence-corrected chi connectivity index (χ3v) is 6.69. The van der Waals surface area contributed by atoms with E-state index in [-0.39, 0.29) is 44.9 Å². The number of carbonyl (C=O) groups is 1. The van der Waals surface area contributed by atoms with E-state index in [9.17, 15) is 36.2 Å². The molecule has 8 nitrogen and oxygen atoms in total. The number of halogens is 7. The maximum absolute atomic E-state index is 13.6. The topological polar surface area (TPSA) is 132 Å². The predicted octanol–water partition coefficient (Wildman–Crippen LogP) is 6.38. The molecule has 4 rings (SSSR count). The predicted molar refractivity (Wildman–Crippen MR) is 148 cm³/mol. The molecule has 0 spiro atoms. The number of hydrogen-bond acceptors (Lipinski definition) is 8. The number of nitrogens with two attached hydrogens (primary N) is 2. The first-order valence-corrected chi connectivity index (χ1v) is 13.0. The molecule has 0 saturated heterocycles. The molecular formula is C29H24ClF6N5O3. The molecule has 0 unspecified atom stereocenters. The smallest absolute Gasteiger partial charge is 0.396 e. The van der Waals surface area contributed by atoms with Crippen molar-refractivity contribution >= 4 is 28.8 Å². The molecule has 2 aromatic heterocycles. The van der Waals surface area contributed by atoms with Gasteiger partial charge in [0, 0.05) is 23.5 Å². The van der Waals surface area contributed by atoms with Crippen molar-refractivity contribution in [1.82, 2.24) is 15.1 Å². The van der Waals surface area contributed by atoms with Gasteiger partial charge in [-0.25, -0.2) is 5.84 Å². The zero-order valence-corrected chi connectivity index (χ0v) is 23.7. The molecule has 15 heteroatoms. The summed E-state index contributed by atoms with van der Waals surface area (Å²) in [5, 5.41) is 15.6. The Hall–Kier alpha value is -4.40. The third kappa shape index (κ3) is 6.87. The number of aliphatic hydroxyl groups is 1. The molecule has 0 aliphatic rings. The van der Waals surface area contributed by atoms with Gasteiger partial charge < -0.3 is 20.4 Å². The van der Waals surface area contributed by atoms with Crippen LogP contribution in [0.4, 0.5) is 26.3 Å². The summed E-state index contributed by atoms with van der Waals surface area (Å²) in [6, 6.07) is 9.89. The molecule has 0 atom stereocenters. The fraction of sp³-hybridized carbons (Fsp3) is 0.207. The Morgan fingerprint density at radius 3 is 2.07 bits per heavy atom. The highest BCUT2D eigenvalue weighted by Gasteiger charge is 2.38. The standard InChI is InChI=1S/C29H24ClF6N5O3/c1-27(2,43)26-21(25(44-40-26)24(42)19-5-3-4-6-20(19)30)22(37)23(16-7-9-39-10-8-16)41(38)14-15-11-17(28(31,32)33)13-18(12-15)29(34,35)36/h3-13,43H,14,37-38H2,1-2H3/b23-22-. The fourth-order valence-corrected chi connectivity index (χ4v) is 4.59. The summed E-state index contributed by atoms with van der Waals surface area (Å²) in [5.74, 6) is 5.09. The minimum Gasteiger partial charge on any atom is -0.396 e. The van der Waals surface area contributed by atoms with Crippen LogP contribution in [0.5, 0.6) is 0 Å². The molecule has 0 radical (unpaired) electrons. The van der Waals surface area contributed by atoms with Crippen molar-refractivity contribution in [2.24, 2.45) is 11.6 Å². The molecule has 2 heterocycles. The summed E-state index contributed by atoms with van der Waals surface area (Å²) in [6.45, 7) is 1.96. The Kier molecular flexibility index (Phi) is 8.82. The summed E-state index contributed by atoms with van der Waals surface area (Å²) < 4.78 is 86.5. The molecule has 0 aliphatic heterocycles. The van der Waals surface area contributed by atoms with Crippen molar-refractivity contribution in [3.05, 3.63) is 117 Å². The highest BCUT2D eigenvalue weighted by molar-refractivity contribution is 6.35. The van der Waals surface area contributed by atoms with Crippen LogP contribution < -0.4 is 11.6 Å². The molecule has 0 aliphatic carbocycles. The lowest BCUT2D eigenvalue weighted by Gasteiger charge is -2.26. The third-order valence-electron chi connectivity index (χ3n) is 6.36. The fourth-order valence-electron chi connectivity index (χ4n) is 4.37. The Morgan fingerprint density at radius 2 is 1.55 bits per heavy atom. The minimum absolute atomic E-state index is 0.000346. The monoisotopic (exact) mass is 639 g/mol. The van der Waals surface area contributed by atoms with Gasteiger partial charge in [0.2, 0.25) is 11.5 Å². The Bertz CT molecular complexity index is 1680. The van der Waals surface area contributed by atoms with Gasteiger partial charge in [0.1, 0.15) is 11.3 Å².